The summed E-state index contributed by atoms with van der Waals surface area (Å²) in [6.45, 7) is -1.09. The van der Waals surface area contributed by atoms with Gasteiger partial charge < -0.3 is 20.1 Å². The minimum atomic E-state index is -3.12. The molecule has 8 heteroatoms. The molecular weight excluding hydrogens is 325 g/mol. The smallest absolute Gasteiger partial charge is 0.387 e. The fourth-order valence-corrected chi connectivity index (χ4v) is 2.60. The summed E-state index contributed by atoms with van der Waals surface area (Å²) >= 11 is 0. The van der Waals surface area contributed by atoms with Crippen LogP contribution in [0.3, 0.4) is 0 Å². The standard InChI is InChI=1S/C16H21F3N2O3/c17-11-2-3-13(14(10-11)24-16(18)19)15(22)21-7-4-12(5-8-21)23-9-1-6-20/h2-3,10,12,16H,1,4-9,20H2. The lowest BCUT2D eigenvalue weighted by atomic mass is 10.1. The monoisotopic (exact) mass is 346 g/mol. The minimum Gasteiger partial charge on any atom is -0.434 e. The third-order valence-electron chi connectivity index (χ3n) is 3.82. The van der Waals surface area contributed by atoms with Crippen molar-refractivity contribution in [2.75, 3.05) is 26.2 Å². The van der Waals surface area contributed by atoms with Crippen molar-refractivity contribution >= 4 is 5.91 Å². The molecule has 0 aromatic heterocycles. The third kappa shape index (κ3) is 5.10. The molecule has 0 spiro atoms. The Morgan fingerprint density at radius 1 is 1.33 bits per heavy atom. The molecule has 24 heavy (non-hydrogen) atoms. The summed E-state index contributed by atoms with van der Waals surface area (Å²) in [6.07, 6.45) is 2.15. The van der Waals surface area contributed by atoms with Crippen LogP contribution in [0.25, 0.3) is 0 Å². The van der Waals surface area contributed by atoms with Gasteiger partial charge in [0.25, 0.3) is 5.91 Å². The number of nitrogens with zero attached hydrogens (tertiary/aromatic N) is 1. The van der Waals surface area contributed by atoms with Gasteiger partial charge >= 0.3 is 6.61 Å². The maximum atomic E-state index is 13.2. The first-order valence-corrected chi connectivity index (χ1v) is 7.86. The summed E-state index contributed by atoms with van der Waals surface area (Å²) in [5.74, 6) is -1.64. The molecule has 134 valence electrons. The van der Waals surface area contributed by atoms with Gasteiger partial charge in [0, 0.05) is 25.8 Å². The van der Waals surface area contributed by atoms with Crippen molar-refractivity contribution in [3.63, 3.8) is 0 Å². The molecule has 1 aromatic carbocycles. The van der Waals surface area contributed by atoms with E-state index in [-0.39, 0.29) is 11.7 Å². The molecule has 1 fully saturated rings. The topological polar surface area (TPSA) is 64.8 Å². The molecule has 2 N–H and O–H groups in total. The summed E-state index contributed by atoms with van der Waals surface area (Å²) in [5, 5.41) is 0. The van der Waals surface area contributed by atoms with Crippen LogP contribution in [-0.2, 0) is 4.74 Å². The van der Waals surface area contributed by atoms with Gasteiger partial charge in [0.05, 0.1) is 11.7 Å². The number of piperidine rings is 1. The minimum absolute atomic E-state index is 0.0607. The molecular formula is C16H21F3N2O3. The van der Waals surface area contributed by atoms with Gasteiger partial charge in [0.15, 0.2) is 0 Å². The number of alkyl halides is 2. The quantitative estimate of drug-likeness (QED) is 0.770. The van der Waals surface area contributed by atoms with Crippen LogP contribution in [0.2, 0.25) is 0 Å². The van der Waals surface area contributed by atoms with Crippen LogP contribution >= 0.6 is 0 Å². The zero-order chi connectivity index (χ0) is 17.5. The van der Waals surface area contributed by atoms with Gasteiger partial charge in [-0.3, -0.25) is 4.79 Å². The first-order chi connectivity index (χ1) is 11.5. The SMILES string of the molecule is NCCCOC1CCN(C(=O)c2ccc(F)cc2OC(F)F)CC1. The molecule has 0 bridgehead atoms. The van der Waals surface area contributed by atoms with Crippen molar-refractivity contribution in [1.82, 2.24) is 4.90 Å². The van der Waals surface area contributed by atoms with Crippen LogP contribution in [-0.4, -0.2) is 49.8 Å². The number of halogens is 3. The van der Waals surface area contributed by atoms with Gasteiger partial charge in [-0.15, -0.1) is 0 Å². The summed E-state index contributed by atoms with van der Waals surface area (Å²) in [6, 6.07) is 3.01. The molecule has 1 amide bonds. The normalized spacial score (nSPS) is 15.8. The second kappa shape index (κ2) is 8.89. The summed E-state index contributed by atoms with van der Waals surface area (Å²) in [5.41, 5.74) is 5.33. The Morgan fingerprint density at radius 3 is 2.67 bits per heavy atom. The lowest BCUT2D eigenvalue weighted by Gasteiger charge is -2.32. The fraction of sp³-hybridized carbons (Fsp3) is 0.562. The van der Waals surface area contributed by atoms with Gasteiger partial charge in [0.2, 0.25) is 0 Å². The third-order valence-corrected chi connectivity index (χ3v) is 3.82. The average molecular weight is 346 g/mol. The van der Waals surface area contributed by atoms with E-state index < -0.39 is 24.1 Å². The molecule has 5 nitrogen and oxygen atoms in total. The van der Waals surface area contributed by atoms with E-state index in [1.807, 2.05) is 0 Å². The van der Waals surface area contributed by atoms with Gasteiger partial charge in [-0.1, -0.05) is 0 Å². The lowest BCUT2D eigenvalue weighted by Crippen LogP contribution is -2.41. The van der Waals surface area contributed by atoms with E-state index in [0.717, 1.165) is 18.6 Å². The highest BCUT2D eigenvalue weighted by Gasteiger charge is 2.26. The number of likely N-dealkylation sites (tertiary alicyclic amines) is 1. The Bertz CT molecular complexity index is 549. The predicted octanol–water partition coefficient (Wildman–Crippen LogP) is 2.40. The molecule has 1 saturated heterocycles. The van der Waals surface area contributed by atoms with Crippen LogP contribution < -0.4 is 10.5 Å². The van der Waals surface area contributed by atoms with Gasteiger partial charge in [-0.05, 0) is 37.9 Å². The average Bonchev–Trinajstić information content (AvgIpc) is 2.55. The molecule has 0 unspecified atom stereocenters. The van der Waals surface area contributed by atoms with Gasteiger partial charge in [0.1, 0.15) is 11.6 Å². The molecule has 1 aromatic rings. The van der Waals surface area contributed by atoms with Crippen molar-refractivity contribution in [3.05, 3.63) is 29.6 Å². The number of nitrogens with two attached hydrogens (primary N) is 1. The number of rotatable bonds is 7. The van der Waals surface area contributed by atoms with Crippen LogP contribution in [0, 0.1) is 5.82 Å². The number of ether oxygens (including phenoxy) is 2. The van der Waals surface area contributed by atoms with Crippen molar-refractivity contribution in [2.24, 2.45) is 5.73 Å². The number of hydrogen-bond acceptors (Lipinski definition) is 4. The fourth-order valence-electron chi connectivity index (χ4n) is 2.60. The summed E-state index contributed by atoms with van der Waals surface area (Å²) in [4.78, 5) is 14.0. The van der Waals surface area contributed by atoms with Gasteiger partial charge in [-0.2, -0.15) is 8.78 Å². The number of carbonyl (C=O) groups is 1. The maximum absolute atomic E-state index is 13.2. The van der Waals surface area contributed by atoms with E-state index in [4.69, 9.17) is 10.5 Å². The number of benzene rings is 1. The van der Waals surface area contributed by atoms with Crippen molar-refractivity contribution in [3.8, 4) is 5.75 Å². The lowest BCUT2D eigenvalue weighted by molar-refractivity contribution is -0.0505. The van der Waals surface area contributed by atoms with Gasteiger partial charge in [-0.25, -0.2) is 4.39 Å². The zero-order valence-electron chi connectivity index (χ0n) is 13.2. The molecule has 0 radical (unpaired) electrons. The largest absolute Gasteiger partial charge is 0.434 e. The van der Waals surface area contributed by atoms with E-state index in [0.29, 0.717) is 39.1 Å². The Morgan fingerprint density at radius 2 is 2.04 bits per heavy atom. The second-order valence-corrected chi connectivity index (χ2v) is 5.52. The van der Waals surface area contributed by atoms with E-state index in [9.17, 15) is 18.0 Å². The molecule has 1 aliphatic heterocycles. The van der Waals surface area contributed by atoms with Crippen molar-refractivity contribution in [1.29, 1.82) is 0 Å². The summed E-state index contributed by atoms with van der Waals surface area (Å²) < 4.78 is 48.0. The molecule has 2 rings (SSSR count). The highest BCUT2D eigenvalue weighted by atomic mass is 19.3. The maximum Gasteiger partial charge on any atom is 0.387 e. The van der Waals surface area contributed by atoms with E-state index in [1.54, 1.807) is 0 Å². The number of amides is 1. The Kier molecular flexibility index (Phi) is 6.86. The molecule has 1 heterocycles. The Hall–Kier alpha value is -1.80. The van der Waals surface area contributed by atoms with Crippen LogP contribution in [0.5, 0.6) is 5.75 Å². The highest BCUT2D eigenvalue weighted by Crippen LogP contribution is 2.25. The first-order valence-electron chi connectivity index (χ1n) is 7.86. The van der Waals surface area contributed by atoms with Crippen LogP contribution in [0.1, 0.15) is 29.6 Å². The van der Waals surface area contributed by atoms with Crippen molar-refractivity contribution < 1.29 is 27.4 Å². The second-order valence-electron chi connectivity index (χ2n) is 5.52. The van der Waals surface area contributed by atoms with E-state index in [1.165, 1.54) is 11.0 Å². The van der Waals surface area contributed by atoms with E-state index in [2.05, 4.69) is 4.74 Å². The molecule has 0 aliphatic carbocycles. The number of hydrogen-bond donors (Lipinski definition) is 1. The molecule has 0 atom stereocenters. The Balaban J connectivity index is 1.98. The molecule has 1 aliphatic rings. The summed E-state index contributed by atoms with van der Waals surface area (Å²) in [7, 11) is 0. The zero-order valence-corrected chi connectivity index (χ0v) is 13.2. The predicted molar refractivity (Wildman–Crippen MR) is 81.6 cm³/mol. The molecule has 0 saturated carbocycles. The number of carbonyl (C=O) groups excluding carboxylic acids is 1. The first kappa shape index (κ1) is 18.5. The Labute approximate surface area is 138 Å². The van der Waals surface area contributed by atoms with Crippen LogP contribution in [0.15, 0.2) is 18.2 Å². The highest BCUT2D eigenvalue weighted by molar-refractivity contribution is 5.97. The van der Waals surface area contributed by atoms with Crippen LogP contribution in [0.4, 0.5) is 13.2 Å². The van der Waals surface area contributed by atoms with Crippen molar-refractivity contribution in [2.45, 2.75) is 32.0 Å². The van der Waals surface area contributed by atoms with E-state index >= 15 is 0 Å².